The molecule has 1 aromatic rings. The summed E-state index contributed by atoms with van der Waals surface area (Å²) in [6, 6.07) is 9.36. The van der Waals surface area contributed by atoms with E-state index in [1.807, 2.05) is 37.3 Å². The summed E-state index contributed by atoms with van der Waals surface area (Å²) in [6.07, 6.45) is 1.30. The van der Waals surface area contributed by atoms with Crippen molar-refractivity contribution in [3.05, 3.63) is 35.9 Å². The molecule has 0 bridgehead atoms. The summed E-state index contributed by atoms with van der Waals surface area (Å²) in [6.45, 7) is 7.92. The molecule has 2 N–H and O–H groups in total. The second kappa shape index (κ2) is 8.80. The molecule has 118 valence electrons. The molecule has 0 aliphatic carbocycles. The molecule has 0 aliphatic heterocycles. The van der Waals surface area contributed by atoms with Crippen molar-refractivity contribution in [3.8, 4) is 0 Å². The largest absolute Gasteiger partial charge is 0.480 e. The van der Waals surface area contributed by atoms with E-state index in [1.54, 1.807) is 0 Å². The quantitative estimate of drug-likeness (QED) is 0.651. The summed E-state index contributed by atoms with van der Waals surface area (Å²) in [7, 11) is 0. The van der Waals surface area contributed by atoms with Crippen LogP contribution in [0.3, 0.4) is 0 Å². The van der Waals surface area contributed by atoms with Gasteiger partial charge < -0.3 is 9.84 Å². The Kier molecular flexibility index (Phi) is 7.40. The standard InChI is InChI=1S/C17H27NO3/c1-4-11-18-17(16(19)20,10-12-21-13-14(2)3)15-8-6-5-7-9-15/h5-9,14,18H,4,10-13H2,1-3H3,(H,19,20). The molecule has 4 nitrogen and oxygen atoms in total. The van der Waals surface area contributed by atoms with Crippen molar-refractivity contribution >= 4 is 5.97 Å². The van der Waals surface area contributed by atoms with Crippen LogP contribution < -0.4 is 5.32 Å². The number of hydrogen-bond acceptors (Lipinski definition) is 3. The topological polar surface area (TPSA) is 58.6 Å². The maximum atomic E-state index is 11.9. The Hall–Kier alpha value is -1.39. The summed E-state index contributed by atoms with van der Waals surface area (Å²) < 4.78 is 5.60. The molecular weight excluding hydrogens is 266 g/mol. The smallest absolute Gasteiger partial charge is 0.328 e. The van der Waals surface area contributed by atoms with Crippen molar-refractivity contribution in [2.24, 2.45) is 5.92 Å². The molecule has 0 radical (unpaired) electrons. The van der Waals surface area contributed by atoms with Crippen LogP contribution in [-0.2, 0) is 15.1 Å². The Morgan fingerprint density at radius 1 is 1.33 bits per heavy atom. The van der Waals surface area contributed by atoms with Crippen molar-refractivity contribution < 1.29 is 14.6 Å². The van der Waals surface area contributed by atoms with Crippen molar-refractivity contribution in [2.75, 3.05) is 19.8 Å². The third kappa shape index (κ3) is 5.14. The van der Waals surface area contributed by atoms with E-state index in [2.05, 4.69) is 19.2 Å². The van der Waals surface area contributed by atoms with Crippen LogP contribution in [0.15, 0.2) is 30.3 Å². The van der Waals surface area contributed by atoms with Crippen LogP contribution in [0.5, 0.6) is 0 Å². The highest BCUT2D eigenvalue weighted by atomic mass is 16.5. The number of rotatable bonds is 10. The molecule has 0 aliphatic rings. The van der Waals surface area contributed by atoms with Gasteiger partial charge >= 0.3 is 5.97 Å². The molecule has 1 atom stereocenters. The highest BCUT2D eigenvalue weighted by molar-refractivity contribution is 5.80. The van der Waals surface area contributed by atoms with Crippen LogP contribution in [0.4, 0.5) is 0 Å². The molecule has 0 amide bonds. The lowest BCUT2D eigenvalue weighted by Crippen LogP contribution is -2.50. The number of carbonyl (C=O) groups is 1. The van der Waals surface area contributed by atoms with E-state index in [4.69, 9.17) is 4.74 Å². The Morgan fingerprint density at radius 3 is 2.52 bits per heavy atom. The lowest BCUT2D eigenvalue weighted by molar-refractivity contribution is -0.146. The molecule has 4 heteroatoms. The first-order valence-electron chi connectivity index (χ1n) is 7.64. The van der Waals surface area contributed by atoms with Gasteiger partial charge in [-0.15, -0.1) is 0 Å². The Labute approximate surface area is 127 Å². The normalized spacial score (nSPS) is 14.1. The number of carboxylic acid groups (broad SMARTS) is 1. The van der Waals surface area contributed by atoms with Gasteiger partial charge in [-0.05, 0) is 24.4 Å². The van der Waals surface area contributed by atoms with E-state index < -0.39 is 11.5 Å². The Bertz CT molecular complexity index is 419. The Balaban J connectivity index is 2.88. The Morgan fingerprint density at radius 2 is 2.00 bits per heavy atom. The first-order valence-corrected chi connectivity index (χ1v) is 7.64. The highest BCUT2D eigenvalue weighted by Gasteiger charge is 2.39. The van der Waals surface area contributed by atoms with Gasteiger partial charge in [-0.25, -0.2) is 4.79 Å². The van der Waals surface area contributed by atoms with E-state index in [1.165, 1.54) is 0 Å². The van der Waals surface area contributed by atoms with Gasteiger partial charge in [-0.3, -0.25) is 5.32 Å². The minimum atomic E-state index is -1.08. The predicted octanol–water partition coefficient (Wildman–Crippen LogP) is 3.03. The summed E-state index contributed by atoms with van der Waals surface area (Å²) in [5, 5.41) is 13.0. The number of hydrogen-bond donors (Lipinski definition) is 2. The van der Waals surface area contributed by atoms with Gasteiger partial charge in [0.2, 0.25) is 0 Å². The number of aliphatic carboxylic acids is 1. The maximum Gasteiger partial charge on any atom is 0.328 e. The van der Waals surface area contributed by atoms with Crippen LogP contribution >= 0.6 is 0 Å². The highest BCUT2D eigenvalue weighted by Crippen LogP contribution is 2.26. The average molecular weight is 293 g/mol. The zero-order chi connectivity index (χ0) is 15.7. The van der Waals surface area contributed by atoms with E-state index >= 15 is 0 Å². The molecule has 21 heavy (non-hydrogen) atoms. The molecule has 0 fully saturated rings. The summed E-state index contributed by atoms with van der Waals surface area (Å²) in [4.78, 5) is 11.9. The van der Waals surface area contributed by atoms with Gasteiger partial charge in [-0.1, -0.05) is 51.1 Å². The lowest BCUT2D eigenvalue weighted by atomic mass is 9.86. The van der Waals surface area contributed by atoms with Crippen molar-refractivity contribution in [1.82, 2.24) is 5.32 Å². The van der Waals surface area contributed by atoms with Gasteiger partial charge in [0.15, 0.2) is 0 Å². The zero-order valence-electron chi connectivity index (χ0n) is 13.3. The minimum absolute atomic E-state index is 0.416. The molecule has 0 saturated carbocycles. The number of ether oxygens (including phenoxy) is 1. The van der Waals surface area contributed by atoms with Crippen LogP contribution in [-0.4, -0.2) is 30.8 Å². The van der Waals surface area contributed by atoms with Crippen molar-refractivity contribution in [3.63, 3.8) is 0 Å². The van der Waals surface area contributed by atoms with Crippen LogP contribution in [0.2, 0.25) is 0 Å². The second-order valence-corrected chi connectivity index (χ2v) is 5.72. The molecule has 1 aromatic carbocycles. The molecule has 0 saturated heterocycles. The number of benzene rings is 1. The summed E-state index contributed by atoms with van der Waals surface area (Å²) in [5.41, 5.74) is -0.298. The second-order valence-electron chi connectivity index (χ2n) is 5.72. The monoisotopic (exact) mass is 293 g/mol. The lowest BCUT2D eigenvalue weighted by Gasteiger charge is -2.31. The molecule has 1 rings (SSSR count). The van der Waals surface area contributed by atoms with E-state index in [0.29, 0.717) is 32.1 Å². The average Bonchev–Trinajstić information content (AvgIpc) is 2.47. The van der Waals surface area contributed by atoms with Crippen LogP contribution in [0, 0.1) is 5.92 Å². The summed E-state index contributed by atoms with van der Waals surface area (Å²) in [5.74, 6) is -0.403. The number of carboxylic acids is 1. The molecule has 0 spiro atoms. The fourth-order valence-electron chi connectivity index (χ4n) is 2.25. The number of nitrogens with one attached hydrogen (secondary N) is 1. The van der Waals surface area contributed by atoms with E-state index in [0.717, 1.165) is 12.0 Å². The zero-order valence-corrected chi connectivity index (χ0v) is 13.3. The molecule has 1 unspecified atom stereocenters. The molecule has 0 aromatic heterocycles. The minimum Gasteiger partial charge on any atom is -0.480 e. The fraction of sp³-hybridized carbons (Fsp3) is 0.588. The third-order valence-corrected chi connectivity index (χ3v) is 3.38. The van der Waals surface area contributed by atoms with Gasteiger partial charge in [0, 0.05) is 19.6 Å². The first-order chi connectivity index (χ1) is 10.0. The van der Waals surface area contributed by atoms with E-state index in [-0.39, 0.29) is 0 Å². The summed E-state index contributed by atoms with van der Waals surface area (Å²) >= 11 is 0. The SMILES string of the molecule is CCCNC(CCOCC(C)C)(C(=O)O)c1ccccc1. The van der Waals surface area contributed by atoms with E-state index in [9.17, 15) is 9.90 Å². The fourth-order valence-corrected chi connectivity index (χ4v) is 2.25. The van der Waals surface area contributed by atoms with Crippen molar-refractivity contribution in [1.29, 1.82) is 0 Å². The molecular formula is C17H27NO3. The van der Waals surface area contributed by atoms with Gasteiger partial charge in [0.25, 0.3) is 0 Å². The molecule has 0 heterocycles. The van der Waals surface area contributed by atoms with Gasteiger partial charge in [-0.2, -0.15) is 0 Å². The van der Waals surface area contributed by atoms with Crippen LogP contribution in [0.1, 0.15) is 39.2 Å². The predicted molar refractivity (Wildman–Crippen MR) is 84.3 cm³/mol. The van der Waals surface area contributed by atoms with Crippen LogP contribution in [0.25, 0.3) is 0 Å². The first kappa shape index (κ1) is 17.7. The maximum absolute atomic E-state index is 11.9. The van der Waals surface area contributed by atoms with Gasteiger partial charge in [0.05, 0.1) is 0 Å². The third-order valence-electron chi connectivity index (χ3n) is 3.38. The van der Waals surface area contributed by atoms with Gasteiger partial charge in [0.1, 0.15) is 5.54 Å². The van der Waals surface area contributed by atoms with Crippen molar-refractivity contribution in [2.45, 2.75) is 39.2 Å².